The maximum absolute atomic E-state index is 12.8. The van der Waals surface area contributed by atoms with Crippen molar-refractivity contribution in [2.45, 2.75) is 87.9 Å². The van der Waals surface area contributed by atoms with Crippen LogP contribution < -0.4 is 34.9 Å². The molecule has 5 aliphatic heterocycles. The van der Waals surface area contributed by atoms with Crippen molar-refractivity contribution in [2.24, 2.45) is 17.6 Å². The van der Waals surface area contributed by atoms with Gasteiger partial charge >= 0.3 is 11.9 Å². The molecule has 5 heterocycles. The number of carbonyl (C=O) groups excluding carboxylic acids is 1. The van der Waals surface area contributed by atoms with E-state index in [1.54, 1.807) is 31.3 Å². The van der Waals surface area contributed by atoms with Crippen molar-refractivity contribution in [3.8, 4) is 46.3 Å². The summed E-state index contributed by atoms with van der Waals surface area (Å²) >= 11 is 0. The number of phenolic OH excluding ortho intramolecular Hbond substituents is 1. The van der Waals surface area contributed by atoms with Crippen LogP contribution in [0.15, 0.2) is 42.5 Å². The Bertz CT molecular complexity index is 2170. The van der Waals surface area contributed by atoms with Crippen molar-refractivity contribution in [1.82, 2.24) is 5.32 Å². The molecule has 0 spiro atoms. The molecule has 1 saturated heterocycles. The Labute approximate surface area is 345 Å². The fourth-order valence-electron chi connectivity index (χ4n) is 8.12. The molecule has 17 nitrogen and oxygen atoms in total. The Morgan fingerprint density at radius 1 is 1.00 bits per heavy atom. The monoisotopic (exact) mass is 832 g/mol. The van der Waals surface area contributed by atoms with Crippen LogP contribution in [-0.4, -0.2) is 109 Å². The van der Waals surface area contributed by atoms with Crippen molar-refractivity contribution >= 4 is 11.9 Å². The fourth-order valence-corrected chi connectivity index (χ4v) is 8.12. The van der Waals surface area contributed by atoms with Gasteiger partial charge in [-0.3, -0.25) is 9.59 Å². The van der Waals surface area contributed by atoms with Crippen LogP contribution in [0, 0.1) is 23.7 Å². The van der Waals surface area contributed by atoms with Crippen molar-refractivity contribution in [3.05, 3.63) is 70.3 Å². The van der Waals surface area contributed by atoms with Gasteiger partial charge in [0, 0.05) is 47.2 Å². The molecule has 0 aromatic heterocycles. The summed E-state index contributed by atoms with van der Waals surface area (Å²) in [7, 11) is 1.64. The van der Waals surface area contributed by atoms with Gasteiger partial charge in [0.2, 0.25) is 12.7 Å². The van der Waals surface area contributed by atoms with Gasteiger partial charge < -0.3 is 69.5 Å². The molecule has 2 unspecified atom stereocenters. The van der Waals surface area contributed by atoms with E-state index in [-0.39, 0.29) is 43.7 Å². The Hall–Kier alpha value is -5.32. The van der Waals surface area contributed by atoms with Gasteiger partial charge in [0.1, 0.15) is 48.3 Å². The summed E-state index contributed by atoms with van der Waals surface area (Å²) in [4.78, 5) is 36.7. The first kappa shape index (κ1) is 41.4. The van der Waals surface area contributed by atoms with Crippen molar-refractivity contribution in [2.75, 3.05) is 33.7 Å². The number of cyclic esters (lactones) is 1. The smallest absolute Gasteiger partial charge is 0.332 e. The van der Waals surface area contributed by atoms with Crippen LogP contribution in [-0.2, 0) is 41.5 Å². The van der Waals surface area contributed by atoms with E-state index in [1.807, 2.05) is 18.2 Å². The highest BCUT2D eigenvalue weighted by molar-refractivity contribution is 5.97. The van der Waals surface area contributed by atoms with Crippen molar-refractivity contribution in [3.63, 3.8) is 0 Å². The number of likely N-dealkylation sites (N-methyl/N-ethyl adjacent to an activating group) is 1. The second kappa shape index (κ2) is 17.3. The number of esters is 1. The number of carboxylic acid groups (broad SMARTS) is 1. The lowest BCUT2D eigenvalue weighted by Crippen LogP contribution is -2.61. The summed E-state index contributed by atoms with van der Waals surface area (Å²) in [6, 6.07) is 11.0. The van der Waals surface area contributed by atoms with Gasteiger partial charge in [0.05, 0.1) is 19.1 Å². The maximum Gasteiger partial charge on any atom is 0.332 e. The molecule has 2 bridgehead atoms. The number of nitrogens with two attached hydrogens (primary N) is 1. The molecule has 0 radical (unpaired) electrons. The molecule has 10 atom stereocenters. The maximum atomic E-state index is 12.8. The SMILES string of the molecule is CN[C@H]1CC#C[C@H](C(=O)O)C(=O)OC[C@@H]2OC(OCC1N)[C@@H](OOc1cc3c(cc1Cc1cccc(O)c1)OC[C@H]1c4cc5c(c(CC(C)C)c4O[C@H]31)OCO5)[C@@H](O)[C@@H]2O. The summed E-state index contributed by atoms with van der Waals surface area (Å²) < 4.78 is 42.2. The Balaban J connectivity index is 1.10. The zero-order valence-corrected chi connectivity index (χ0v) is 33.2. The highest BCUT2D eigenvalue weighted by Gasteiger charge is 2.49. The van der Waals surface area contributed by atoms with E-state index in [0.29, 0.717) is 47.3 Å². The van der Waals surface area contributed by atoms with E-state index < -0.39 is 73.4 Å². The standard InChI is InChI=1S/C43H48N2O15/c1-20(2)10-27-37-25(14-33-39(27)56-19-55-33)28-16-52-32-13-22(11-21-6-4-7-23(46)12-21)31(15-26(32)38(28)58-37)59-60-40-36(48)35(47)34-18-53-42(51)24(41(49)50)8-5-9-30(45-3)29(44)17-54-43(40)57-34/h4,6-7,12-15,20,24,28-30,34-36,38,40,43,45-48H,9-11,16-19,44H2,1-3H3,(H,49,50)/t24-,28+,29?,30+,34+,35-,36+,38-,40+,43?/m1/s1. The molecular formula is C43H48N2O15. The van der Waals surface area contributed by atoms with Gasteiger partial charge in [-0.05, 0) is 55.3 Å². The molecule has 0 amide bonds. The lowest BCUT2D eigenvalue weighted by Gasteiger charge is -2.41. The Morgan fingerprint density at radius 2 is 1.83 bits per heavy atom. The molecule has 60 heavy (non-hydrogen) atoms. The van der Waals surface area contributed by atoms with Gasteiger partial charge in [-0.25, -0.2) is 0 Å². The normalized spacial score (nSPS) is 29.4. The molecule has 1 fully saturated rings. The fraction of sp³-hybridized carbons (Fsp3) is 0.488. The number of fused-ring (bicyclic) bond motifs is 8. The first-order valence-electron chi connectivity index (χ1n) is 19.9. The van der Waals surface area contributed by atoms with E-state index in [2.05, 4.69) is 31.0 Å². The van der Waals surface area contributed by atoms with Crippen LogP contribution in [0.5, 0.6) is 34.5 Å². The molecule has 3 aromatic rings. The number of aliphatic hydroxyl groups excluding tert-OH is 2. The Morgan fingerprint density at radius 3 is 2.60 bits per heavy atom. The van der Waals surface area contributed by atoms with Gasteiger partial charge in [-0.15, -0.1) is 5.92 Å². The minimum Gasteiger partial charge on any atom is -0.508 e. The molecule has 320 valence electrons. The number of aliphatic hydroxyl groups is 2. The molecule has 0 saturated carbocycles. The predicted octanol–water partition coefficient (Wildman–Crippen LogP) is 2.23. The number of carbonyl (C=O) groups is 2. The van der Waals surface area contributed by atoms with Crippen LogP contribution in [0.2, 0.25) is 0 Å². The molecule has 8 rings (SSSR count). The third kappa shape index (κ3) is 8.24. The van der Waals surface area contributed by atoms with Crippen molar-refractivity contribution in [1.29, 1.82) is 0 Å². The highest BCUT2D eigenvalue weighted by atomic mass is 17.2. The van der Waals surface area contributed by atoms with E-state index in [1.165, 1.54) is 0 Å². The molecule has 7 N–H and O–H groups in total. The number of aromatic hydroxyl groups is 1. The molecule has 5 aliphatic rings. The van der Waals surface area contributed by atoms with E-state index in [0.717, 1.165) is 22.4 Å². The number of aliphatic carboxylic acids is 1. The first-order valence-corrected chi connectivity index (χ1v) is 19.9. The van der Waals surface area contributed by atoms with Gasteiger partial charge in [-0.2, -0.15) is 4.89 Å². The lowest BCUT2D eigenvalue weighted by molar-refractivity contribution is -0.373. The zero-order chi connectivity index (χ0) is 42.2. The molecule has 3 aromatic carbocycles. The van der Waals surface area contributed by atoms with Crippen LogP contribution in [0.25, 0.3) is 0 Å². The second-order valence-electron chi connectivity index (χ2n) is 15.9. The van der Waals surface area contributed by atoms with Crippen LogP contribution >= 0.6 is 0 Å². The topological polar surface area (TPSA) is 236 Å². The molecule has 17 heteroatoms. The second-order valence-corrected chi connectivity index (χ2v) is 15.9. The summed E-state index contributed by atoms with van der Waals surface area (Å²) in [5.41, 5.74) is 10.3. The number of rotatable bonds is 9. The van der Waals surface area contributed by atoms with Gasteiger partial charge in [0.25, 0.3) is 0 Å². The lowest BCUT2D eigenvalue weighted by atomic mass is 9.86. The summed E-state index contributed by atoms with van der Waals surface area (Å²) in [6.45, 7) is 3.90. The Kier molecular flexibility index (Phi) is 12.0. The summed E-state index contributed by atoms with van der Waals surface area (Å²) in [5, 5.41) is 45.6. The van der Waals surface area contributed by atoms with Crippen molar-refractivity contribution < 1.29 is 72.9 Å². The number of hydrogen-bond acceptors (Lipinski definition) is 16. The van der Waals surface area contributed by atoms with Crippen LogP contribution in [0.3, 0.4) is 0 Å². The zero-order valence-electron chi connectivity index (χ0n) is 33.2. The van der Waals surface area contributed by atoms with Gasteiger partial charge in [0.15, 0.2) is 29.6 Å². The largest absolute Gasteiger partial charge is 0.508 e. The average molecular weight is 833 g/mol. The number of nitrogens with one attached hydrogen (secondary N) is 1. The summed E-state index contributed by atoms with van der Waals surface area (Å²) in [5.74, 6) is 3.64. The number of phenols is 1. The number of ether oxygens (including phenoxy) is 7. The van der Waals surface area contributed by atoms with Gasteiger partial charge in [-0.1, -0.05) is 31.9 Å². The van der Waals surface area contributed by atoms with Crippen LogP contribution in [0.4, 0.5) is 0 Å². The van der Waals surface area contributed by atoms with E-state index in [9.17, 15) is 30.0 Å². The quantitative estimate of drug-likeness (QED) is 0.0596. The first-order chi connectivity index (χ1) is 28.9. The molecular weight excluding hydrogens is 784 g/mol. The predicted molar refractivity (Wildman–Crippen MR) is 207 cm³/mol. The third-order valence-corrected chi connectivity index (χ3v) is 11.3. The van der Waals surface area contributed by atoms with Crippen LogP contribution in [0.1, 0.15) is 60.1 Å². The minimum atomic E-state index is -1.80. The minimum absolute atomic E-state index is 0.0696. The summed E-state index contributed by atoms with van der Waals surface area (Å²) in [6.07, 6.45) is -7.19. The third-order valence-electron chi connectivity index (χ3n) is 11.3. The number of hydrogen-bond donors (Lipinski definition) is 6. The molecule has 0 aliphatic carbocycles. The highest BCUT2D eigenvalue weighted by Crippen LogP contribution is 2.57. The average Bonchev–Trinajstić information content (AvgIpc) is 3.85. The number of benzene rings is 3. The van der Waals surface area contributed by atoms with E-state index in [4.69, 9.17) is 48.7 Å². The number of carboxylic acids is 1. The van der Waals surface area contributed by atoms with E-state index >= 15 is 0 Å².